The number of hydrogen-bond donors (Lipinski definition) is 0. The molecule has 158 valence electrons. The van der Waals surface area contributed by atoms with Gasteiger partial charge in [-0.25, -0.2) is 22.2 Å². The van der Waals surface area contributed by atoms with E-state index in [0.29, 0.717) is 19.2 Å². The number of sulfonamides is 1. The Labute approximate surface area is 174 Å². The Morgan fingerprint density at radius 1 is 0.933 bits per heavy atom. The van der Waals surface area contributed by atoms with Gasteiger partial charge >= 0.3 is 0 Å². The minimum atomic E-state index is -3.98. The quantitative estimate of drug-likeness (QED) is 0.601. The number of piperazine rings is 1. The van der Waals surface area contributed by atoms with Crippen LogP contribution in [0.1, 0.15) is 0 Å². The lowest BCUT2D eigenvalue weighted by molar-refractivity contribution is 0.183. The van der Waals surface area contributed by atoms with E-state index in [1.165, 1.54) is 4.31 Å². The Kier molecular flexibility index (Phi) is 5.94. The Hall–Kier alpha value is -2.62. The van der Waals surface area contributed by atoms with Crippen LogP contribution in [0, 0.1) is 11.6 Å². The number of aromatic nitrogens is 2. The van der Waals surface area contributed by atoms with Crippen molar-refractivity contribution in [3.8, 4) is 11.4 Å². The van der Waals surface area contributed by atoms with E-state index in [-0.39, 0.29) is 13.1 Å². The molecular formula is C21H22F2N4O2S. The third-order valence-corrected chi connectivity index (χ3v) is 7.18. The van der Waals surface area contributed by atoms with E-state index < -0.39 is 26.6 Å². The summed E-state index contributed by atoms with van der Waals surface area (Å²) >= 11 is 0. The first-order valence-corrected chi connectivity index (χ1v) is 11.1. The van der Waals surface area contributed by atoms with Crippen LogP contribution in [0.4, 0.5) is 8.78 Å². The molecule has 4 rings (SSSR count). The van der Waals surface area contributed by atoms with Crippen LogP contribution in [0.25, 0.3) is 11.4 Å². The van der Waals surface area contributed by atoms with E-state index in [9.17, 15) is 17.2 Å². The topological polar surface area (TPSA) is 58.4 Å². The first-order valence-electron chi connectivity index (χ1n) is 9.69. The molecule has 0 aliphatic carbocycles. The first kappa shape index (κ1) is 20.6. The molecule has 0 spiro atoms. The zero-order valence-electron chi connectivity index (χ0n) is 16.3. The van der Waals surface area contributed by atoms with Crippen LogP contribution >= 0.6 is 0 Å². The third kappa shape index (κ3) is 4.28. The molecule has 1 saturated heterocycles. The number of hydrogen-bond acceptors (Lipinski definition) is 4. The molecule has 0 atom stereocenters. The highest BCUT2D eigenvalue weighted by Crippen LogP contribution is 2.22. The number of imidazole rings is 1. The van der Waals surface area contributed by atoms with Gasteiger partial charge < -0.3 is 4.57 Å². The molecule has 0 radical (unpaired) electrons. The number of rotatable bonds is 6. The molecule has 1 fully saturated rings. The zero-order valence-corrected chi connectivity index (χ0v) is 17.1. The fraction of sp³-hybridized carbons (Fsp3) is 0.286. The van der Waals surface area contributed by atoms with Gasteiger partial charge in [0, 0.05) is 63.3 Å². The predicted molar refractivity (Wildman–Crippen MR) is 109 cm³/mol. The van der Waals surface area contributed by atoms with Crippen molar-refractivity contribution in [1.29, 1.82) is 0 Å². The van der Waals surface area contributed by atoms with Crippen LogP contribution < -0.4 is 0 Å². The molecule has 3 aromatic rings. The van der Waals surface area contributed by atoms with E-state index in [0.717, 1.165) is 36.6 Å². The smallest absolute Gasteiger partial charge is 0.246 e. The summed E-state index contributed by atoms with van der Waals surface area (Å²) in [6, 6.07) is 12.5. The second kappa shape index (κ2) is 8.63. The standard InChI is InChI=1S/C21H22F2N4O2S/c22-18-6-7-20(19(23)16-18)30(28,29)27-14-11-25(12-15-27)10-13-26-9-8-24-21(26)17-4-2-1-3-5-17/h1-9,16H,10-15H2. The highest BCUT2D eigenvalue weighted by molar-refractivity contribution is 7.89. The number of nitrogens with zero attached hydrogens (tertiary/aromatic N) is 4. The summed E-state index contributed by atoms with van der Waals surface area (Å²) in [5.41, 5.74) is 1.04. The van der Waals surface area contributed by atoms with Crippen molar-refractivity contribution in [2.24, 2.45) is 0 Å². The summed E-state index contributed by atoms with van der Waals surface area (Å²) in [4.78, 5) is 6.12. The Morgan fingerprint density at radius 3 is 2.37 bits per heavy atom. The summed E-state index contributed by atoms with van der Waals surface area (Å²) in [5.74, 6) is -0.972. The highest BCUT2D eigenvalue weighted by atomic mass is 32.2. The van der Waals surface area contributed by atoms with Gasteiger partial charge in [0.1, 0.15) is 22.4 Å². The van der Waals surface area contributed by atoms with Crippen molar-refractivity contribution >= 4 is 10.0 Å². The van der Waals surface area contributed by atoms with Gasteiger partial charge in [0.15, 0.2) is 0 Å². The predicted octanol–water partition coefficient (Wildman–Crippen LogP) is 2.83. The summed E-state index contributed by atoms with van der Waals surface area (Å²) in [6.45, 7) is 3.07. The number of halogens is 2. The van der Waals surface area contributed by atoms with Crippen LogP contribution in [-0.4, -0.2) is 59.9 Å². The maximum Gasteiger partial charge on any atom is 0.246 e. The van der Waals surface area contributed by atoms with Crippen molar-refractivity contribution in [1.82, 2.24) is 18.8 Å². The van der Waals surface area contributed by atoms with Crippen LogP contribution in [0.3, 0.4) is 0 Å². The van der Waals surface area contributed by atoms with Crippen molar-refractivity contribution in [2.75, 3.05) is 32.7 Å². The van der Waals surface area contributed by atoms with Gasteiger partial charge in [-0.1, -0.05) is 30.3 Å². The first-order chi connectivity index (χ1) is 14.4. The largest absolute Gasteiger partial charge is 0.330 e. The van der Waals surface area contributed by atoms with E-state index in [2.05, 4.69) is 14.5 Å². The third-order valence-electron chi connectivity index (χ3n) is 5.25. The maximum atomic E-state index is 14.0. The van der Waals surface area contributed by atoms with Gasteiger partial charge in [0.05, 0.1) is 0 Å². The molecule has 0 unspecified atom stereocenters. The lowest BCUT2D eigenvalue weighted by Gasteiger charge is -2.34. The fourth-order valence-corrected chi connectivity index (χ4v) is 5.07. The molecule has 0 bridgehead atoms. The minimum Gasteiger partial charge on any atom is -0.330 e. The van der Waals surface area contributed by atoms with Crippen molar-refractivity contribution in [3.63, 3.8) is 0 Å². The highest BCUT2D eigenvalue weighted by Gasteiger charge is 2.30. The average molecular weight is 432 g/mol. The Bertz CT molecular complexity index is 1110. The Morgan fingerprint density at radius 2 is 1.67 bits per heavy atom. The molecule has 1 aliphatic heterocycles. The Balaban J connectivity index is 1.36. The molecule has 1 aromatic heterocycles. The molecule has 2 aromatic carbocycles. The van der Waals surface area contributed by atoms with Crippen LogP contribution in [0.5, 0.6) is 0 Å². The number of benzene rings is 2. The molecule has 0 amide bonds. The van der Waals surface area contributed by atoms with E-state index in [1.807, 2.05) is 36.5 Å². The summed E-state index contributed by atoms with van der Waals surface area (Å²) in [6.07, 6.45) is 3.70. The normalized spacial score (nSPS) is 16.1. The van der Waals surface area contributed by atoms with Crippen LogP contribution in [-0.2, 0) is 16.6 Å². The lowest BCUT2D eigenvalue weighted by Crippen LogP contribution is -2.49. The summed E-state index contributed by atoms with van der Waals surface area (Å²) in [7, 11) is -3.98. The van der Waals surface area contributed by atoms with Crippen LogP contribution in [0.15, 0.2) is 65.8 Å². The van der Waals surface area contributed by atoms with Crippen molar-refractivity contribution in [3.05, 3.63) is 72.6 Å². The summed E-state index contributed by atoms with van der Waals surface area (Å²) < 4.78 is 55.8. The molecule has 9 heteroatoms. The molecular weight excluding hydrogens is 410 g/mol. The zero-order chi connectivity index (χ0) is 21.1. The molecule has 0 N–H and O–H groups in total. The van der Waals surface area contributed by atoms with E-state index >= 15 is 0 Å². The van der Waals surface area contributed by atoms with Gasteiger partial charge in [0.25, 0.3) is 0 Å². The van der Waals surface area contributed by atoms with Gasteiger partial charge in [-0.15, -0.1) is 0 Å². The molecule has 2 heterocycles. The fourth-order valence-electron chi connectivity index (χ4n) is 3.60. The SMILES string of the molecule is O=S(=O)(c1ccc(F)cc1F)N1CCN(CCn2ccnc2-c2ccccc2)CC1. The van der Waals surface area contributed by atoms with Gasteiger partial charge in [0.2, 0.25) is 10.0 Å². The second-order valence-electron chi connectivity index (χ2n) is 7.13. The minimum absolute atomic E-state index is 0.259. The van der Waals surface area contributed by atoms with Crippen molar-refractivity contribution in [2.45, 2.75) is 11.4 Å². The monoisotopic (exact) mass is 432 g/mol. The van der Waals surface area contributed by atoms with Gasteiger partial charge in [-0.3, -0.25) is 4.90 Å². The van der Waals surface area contributed by atoms with Gasteiger partial charge in [-0.2, -0.15) is 4.31 Å². The summed E-state index contributed by atoms with van der Waals surface area (Å²) in [5, 5.41) is 0. The lowest BCUT2D eigenvalue weighted by atomic mass is 10.2. The second-order valence-corrected chi connectivity index (χ2v) is 9.04. The van der Waals surface area contributed by atoms with E-state index in [1.54, 1.807) is 6.20 Å². The molecule has 6 nitrogen and oxygen atoms in total. The molecule has 30 heavy (non-hydrogen) atoms. The molecule has 0 saturated carbocycles. The average Bonchev–Trinajstić information content (AvgIpc) is 3.21. The van der Waals surface area contributed by atoms with E-state index in [4.69, 9.17) is 0 Å². The van der Waals surface area contributed by atoms with Crippen LogP contribution in [0.2, 0.25) is 0 Å². The van der Waals surface area contributed by atoms with Crippen molar-refractivity contribution < 1.29 is 17.2 Å². The molecule has 1 aliphatic rings. The maximum absolute atomic E-state index is 14.0. The van der Waals surface area contributed by atoms with Gasteiger partial charge in [-0.05, 0) is 12.1 Å².